The Hall–Kier alpha value is -2.28. The van der Waals surface area contributed by atoms with Gasteiger partial charge in [-0.2, -0.15) is 0 Å². The summed E-state index contributed by atoms with van der Waals surface area (Å²) in [6.07, 6.45) is 7.11. The van der Waals surface area contributed by atoms with Crippen molar-refractivity contribution in [3.63, 3.8) is 0 Å². The molecule has 2 aliphatic heterocycles. The van der Waals surface area contributed by atoms with E-state index in [1.54, 1.807) is 11.8 Å². The van der Waals surface area contributed by atoms with E-state index in [0.29, 0.717) is 12.0 Å². The number of thioether (sulfide) groups is 1. The van der Waals surface area contributed by atoms with E-state index in [9.17, 15) is 9.59 Å². The van der Waals surface area contributed by atoms with E-state index in [0.717, 1.165) is 66.5 Å². The van der Waals surface area contributed by atoms with Crippen molar-refractivity contribution >= 4 is 34.5 Å². The first-order valence-corrected chi connectivity index (χ1v) is 12.3. The van der Waals surface area contributed by atoms with Gasteiger partial charge in [-0.15, -0.1) is 0 Å². The van der Waals surface area contributed by atoms with Crippen molar-refractivity contribution in [2.24, 2.45) is 10.9 Å². The molecule has 0 bridgehead atoms. The fourth-order valence-electron chi connectivity index (χ4n) is 4.75. The predicted molar refractivity (Wildman–Crippen MR) is 125 cm³/mol. The van der Waals surface area contributed by atoms with Crippen LogP contribution in [-0.4, -0.2) is 41.4 Å². The Kier molecular flexibility index (Phi) is 7.00. The minimum Gasteiger partial charge on any atom is -0.466 e. The number of rotatable bonds is 5. The first-order valence-electron chi connectivity index (χ1n) is 11.3. The monoisotopic (exact) mass is 441 g/mol. The normalized spacial score (nSPS) is 21.9. The van der Waals surface area contributed by atoms with Crippen LogP contribution in [0, 0.1) is 5.92 Å². The largest absolute Gasteiger partial charge is 0.466 e. The lowest BCUT2D eigenvalue weighted by Gasteiger charge is -2.40. The number of aliphatic imine (C=N–C) groups is 1. The van der Waals surface area contributed by atoms with Gasteiger partial charge in [0.1, 0.15) is 0 Å². The molecule has 4 rings (SSSR count). The number of nitrogens with one attached hydrogen (secondary N) is 1. The van der Waals surface area contributed by atoms with Crippen molar-refractivity contribution < 1.29 is 14.3 Å². The Balaban J connectivity index is 1.66. The zero-order valence-corrected chi connectivity index (χ0v) is 19.2. The second-order valence-corrected chi connectivity index (χ2v) is 9.41. The molecule has 7 heteroatoms. The predicted octanol–water partition coefficient (Wildman–Crippen LogP) is 4.89. The highest BCUT2D eigenvalue weighted by Gasteiger charge is 2.38. The molecule has 1 N–H and O–H groups in total. The van der Waals surface area contributed by atoms with Crippen molar-refractivity contribution in [3.05, 3.63) is 41.1 Å². The lowest BCUT2D eigenvalue weighted by Crippen LogP contribution is -2.42. The maximum absolute atomic E-state index is 12.8. The Morgan fingerprint density at radius 2 is 2.03 bits per heavy atom. The van der Waals surface area contributed by atoms with Gasteiger partial charge in [-0.1, -0.05) is 50.1 Å². The summed E-state index contributed by atoms with van der Waals surface area (Å²) in [6.45, 7) is 2.86. The summed E-state index contributed by atoms with van der Waals surface area (Å²) in [5.74, 6) is 0.900. The van der Waals surface area contributed by atoms with Crippen LogP contribution in [0.4, 0.5) is 5.69 Å². The fourth-order valence-corrected chi connectivity index (χ4v) is 5.75. The molecule has 31 heavy (non-hydrogen) atoms. The first kappa shape index (κ1) is 21.9. The van der Waals surface area contributed by atoms with Gasteiger partial charge in [0.15, 0.2) is 5.17 Å². The lowest BCUT2D eigenvalue weighted by molar-refractivity contribution is -0.137. The molecular formula is C24H31N3O3S. The number of fused-ring (bicyclic) bond motifs is 1. The van der Waals surface area contributed by atoms with Crippen LogP contribution in [0.2, 0.25) is 0 Å². The minimum absolute atomic E-state index is 0.0986. The van der Waals surface area contributed by atoms with E-state index in [1.807, 2.05) is 31.2 Å². The van der Waals surface area contributed by atoms with Gasteiger partial charge in [-0.3, -0.25) is 4.79 Å². The highest BCUT2D eigenvalue weighted by Crippen LogP contribution is 2.41. The molecule has 0 spiro atoms. The number of methoxy groups -OCH3 is 1. The van der Waals surface area contributed by atoms with Gasteiger partial charge < -0.3 is 15.0 Å². The summed E-state index contributed by atoms with van der Waals surface area (Å²) in [5, 5.41) is 4.09. The van der Waals surface area contributed by atoms with E-state index in [4.69, 9.17) is 9.73 Å². The van der Waals surface area contributed by atoms with Gasteiger partial charge in [-0.05, 0) is 43.4 Å². The van der Waals surface area contributed by atoms with Gasteiger partial charge >= 0.3 is 5.97 Å². The summed E-state index contributed by atoms with van der Waals surface area (Å²) in [4.78, 5) is 32.6. The average Bonchev–Trinajstić information content (AvgIpc) is 2.83. The Morgan fingerprint density at radius 3 is 2.77 bits per heavy atom. The van der Waals surface area contributed by atoms with Crippen LogP contribution >= 0.6 is 11.8 Å². The number of carbonyl (C=O) groups excluding carboxylic acids is 2. The van der Waals surface area contributed by atoms with E-state index < -0.39 is 0 Å². The average molecular weight is 442 g/mol. The minimum atomic E-state index is -0.336. The summed E-state index contributed by atoms with van der Waals surface area (Å²) in [5.41, 5.74) is 3.15. The van der Waals surface area contributed by atoms with Crippen LogP contribution in [-0.2, 0) is 14.3 Å². The number of ether oxygens (including phenoxy) is 1. The van der Waals surface area contributed by atoms with E-state index in [1.165, 1.54) is 13.5 Å². The van der Waals surface area contributed by atoms with Gasteiger partial charge in [0.05, 0.1) is 24.4 Å². The third-order valence-electron chi connectivity index (χ3n) is 6.33. The van der Waals surface area contributed by atoms with E-state index >= 15 is 0 Å². The number of amidine groups is 1. The summed E-state index contributed by atoms with van der Waals surface area (Å²) in [7, 11) is 1.42. The number of anilines is 1. The van der Waals surface area contributed by atoms with Gasteiger partial charge in [0, 0.05) is 23.9 Å². The lowest BCUT2D eigenvalue weighted by atomic mass is 9.88. The molecule has 1 aromatic rings. The standard InChI is InChI=1S/C24H31N3O3S/c1-3-19-20(23(29)30-2)21(27-13-8-14-31-24(27)26-19)17-11-7-12-18(15-17)25-22(28)16-9-5-4-6-10-16/h7,11-12,15-16,21H,3-6,8-10,13-14H2,1-2H3,(H,25,28). The van der Waals surface area contributed by atoms with Crippen LogP contribution < -0.4 is 5.32 Å². The Morgan fingerprint density at radius 1 is 1.23 bits per heavy atom. The molecule has 2 heterocycles. The van der Waals surface area contributed by atoms with Gasteiger partial charge in [0.25, 0.3) is 0 Å². The van der Waals surface area contributed by atoms with Crippen molar-refractivity contribution in [1.82, 2.24) is 4.90 Å². The molecule has 1 saturated heterocycles. The van der Waals surface area contributed by atoms with Crippen molar-refractivity contribution in [1.29, 1.82) is 0 Å². The Bertz CT molecular complexity index is 905. The molecule has 1 unspecified atom stereocenters. The second kappa shape index (κ2) is 9.90. The fraction of sp³-hybridized carbons (Fsp3) is 0.542. The number of esters is 1. The third kappa shape index (κ3) is 4.66. The molecule has 0 radical (unpaired) electrons. The molecule has 1 saturated carbocycles. The maximum Gasteiger partial charge on any atom is 0.338 e. The molecule has 1 aliphatic carbocycles. The van der Waals surface area contributed by atoms with Crippen molar-refractivity contribution in [2.75, 3.05) is 24.7 Å². The van der Waals surface area contributed by atoms with Gasteiger partial charge in [-0.25, -0.2) is 9.79 Å². The third-order valence-corrected chi connectivity index (χ3v) is 7.41. The zero-order chi connectivity index (χ0) is 21.8. The van der Waals surface area contributed by atoms with Crippen LogP contribution in [0.5, 0.6) is 0 Å². The molecule has 1 atom stereocenters. The zero-order valence-electron chi connectivity index (χ0n) is 18.4. The number of hydrogen-bond acceptors (Lipinski definition) is 6. The molecule has 1 amide bonds. The highest BCUT2D eigenvalue weighted by molar-refractivity contribution is 8.13. The molecule has 166 valence electrons. The smallest absolute Gasteiger partial charge is 0.338 e. The van der Waals surface area contributed by atoms with Crippen molar-refractivity contribution in [2.45, 2.75) is 57.9 Å². The van der Waals surface area contributed by atoms with Crippen molar-refractivity contribution in [3.8, 4) is 0 Å². The molecule has 2 fully saturated rings. The quantitative estimate of drug-likeness (QED) is 0.659. The van der Waals surface area contributed by atoms with Crippen LogP contribution in [0.15, 0.2) is 40.5 Å². The molecule has 6 nitrogen and oxygen atoms in total. The summed E-state index contributed by atoms with van der Waals surface area (Å²) in [6, 6.07) is 7.65. The Labute approximate surface area is 188 Å². The SMILES string of the molecule is CCC1=C(C(=O)OC)C(c2cccc(NC(=O)C3CCCCC3)c2)N2CCCSC2=N1. The second-order valence-electron chi connectivity index (χ2n) is 8.35. The summed E-state index contributed by atoms with van der Waals surface area (Å²) >= 11 is 1.74. The van der Waals surface area contributed by atoms with Gasteiger partial charge in [0.2, 0.25) is 5.91 Å². The molecular weight excluding hydrogens is 410 g/mol. The van der Waals surface area contributed by atoms with E-state index in [2.05, 4.69) is 10.2 Å². The highest BCUT2D eigenvalue weighted by atomic mass is 32.2. The summed E-state index contributed by atoms with van der Waals surface area (Å²) < 4.78 is 5.16. The van der Waals surface area contributed by atoms with Crippen LogP contribution in [0.25, 0.3) is 0 Å². The van der Waals surface area contributed by atoms with E-state index in [-0.39, 0.29) is 23.8 Å². The first-order chi connectivity index (χ1) is 15.1. The number of allylic oxidation sites excluding steroid dienone is 1. The number of benzene rings is 1. The molecule has 1 aromatic carbocycles. The van der Waals surface area contributed by atoms with Crippen LogP contribution in [0.1, 0.15) is 63.5 Å². The maximum atomic E-state index is 12.8. The molecule has 0 aromatic heterocycles. The number of nitrogens with zero attached hydrogens (tertiary/aromatic N) is 2. The number of carbonyl (C=O) groups is 2. The molecule has 3 aliphatic rings. The van der Waals surface area contributed by atoms with Crippen LogP contribution in [0.3, 0.4) is 0 Å². The number of amides is 1. The topological polar surface area (TPSA) is 71.0 Å². The number of hydrogen-bond donors (Lipinski definition) is 1.